The summed E-state index contributed by atoms with van der Waals surface area (Å²) >= 11 is 0. The van der Waals surface area contributed by atoms with Crippen LogP contribution in [0.1, 0.15) is 10.4 Å². The number of methoxy groups -OCH3 is 1. The maximum Gasteiger partial charge on any atom is 0.335 e. The fourth-order valence-electron chi connectivity index (χ4n) is 2.26. The van der Waals surface area contributed by atoms with Crippen molar-refractivity contribution >= 4 is 17.6 Å². The number of aromatic carboxylic acids is 1. The Kier molecular flexibility index (Phi) is 4.77. The molecule has 1 aromatic carbocycles. The number of amides is 1. The maximum absolute atomic E-state index is 12.3. The molecule has 114 valence electrons. The number of carbonyl (C=O) groups is 2. The van der Waals surface area contributed by atoms with Crippen LogP contribution in [-0.4, -0.2) is 50.4 Å². The number of nitrogens with one attached hydrogen (secondary N) is 2. The van der Waals surface area contributed by atoms with Gasteiger partial charge >= 0.3 is 5.97 Å². The minimum absolute atomic E-state index is 0.0568. The molecule has 1 fully saturated rings. The van der Waals surface area contributed by atoms with E-state index in [-0.39, 0.29) is 23.4 Å². The molecule has 7 heteroatoms. The number of hydrogen-bond donors (Lipinski definition) is 3. The summed E-state index contributed by atoms with van der Waals surface area (Å²) in [5.41, 5.74) is 0.420. The van der Waals surface area contributed by atoms with E-state index >= 15 is 0 Å². The van der Waals surface area contributed by atoms with E-state index in [0.29, 0.717) is 24.7 Å². The van der Waals surface area contributed by atoms with Gasteiger partial charge < -0.3 is 25.2 Å². The van der Waals surface area contributed by atoms with Crippen molar-refractivity contribution in [2.24, 2.45) is 5.92 Å². The molecule has 1 aromatic rings. The van der Waals surface area contributed by atoms with Crippen LogP contribution in [0.3, 0.4) is 0 Å². The van der Waals surface area contributed by atoms with Crippen LogP contribution >= 0.6 is 0 Å². The van der Waals surface area contributed by atoms with Gasteiger partial charge in [-0.1, -0.05) is 0 Å². The molecular formula is C14H18N2O5. The largest absolute Gasteiger partial charge is 0.495 e. The van der Waals surface area contributed by atoms with Gasteiger partial charge in [-0.2, -0.15) is 0 Å². The Balaban J connectivity index is 2.19. The zero-order valence-corrected chi connectivity index (χ0v) is 11.9. The van der Waals surface area contributed by atoms with Gasteiger partial charge in [0.05, 0.1) is 37.5 Å². The van der Waals surface area contributed by atoms with E-state index in [1.165, 1.54) is 25.3 Å². The summed E-state index contributed by atoms with van der Waals surface area (Å²) in [6, 6.07) is 4.26. The molecule has 0 radical (unpaired) electrons. The minimum Gasteiger partial charge on any atom is -0.495 e. The number of rotatable bonds is 5. The lowest BCUT2D eigenvalue weighted by molar-refractivity contribution is -0.120. The van der Waals surface area contributed by atoms with Gasteiger partial charge in [0, 0.05) is 6.04 Å². The van der Waals surface area contributed by atoms with Crippen LogP contribution < -0.4 is 15.4 Å². The predicted molar refractivity (Wildman–Crippen MR) is 75.7 cm³/mol. The number of hydrogen-bond acceptors (Lipinski definition) is 5. The highest BCUT2D eigenvalue weighted by atomic mass is 16.5. The van der Waals surface area contributed by atoms with Crippen molar-refractivity contribution in [3.8, 4) is 5.75 Å². The van der Waals surface area contributed by atoms with Gasteiger partial charge in [0.15, 0.2) is 0 Å². The van der Waals surface area contributed by atoms with E-state index in [9.17, 15) is 9.59 Å². The van der Waals surface area contributed by atoms with E-state index in [1.807, 2.05) is 0 Å². The lowest BCUT2D eigenvalue weighted by atomic mass is 10.0. The van der Waals surface area contributed by atoms with E-state index < -0.39 is 5.97 Å². The predicted octanol–water partition coefficient (Wildman–Crippen LogP) is 0.566. The second kappa shape index (κ2) is 6.55. The van der Waals surface area contributed by atoms with E-state index in [1.54, 1.807) is 7.05 Å². The number of carboxylic acid groups (broad SMARTS) is 1. The third-order valence-corrected chi connectivity index (χ3v) is 3.49. The average Bonchev–Trinajstić information content (AvgIpc) is 2.95. The van der Waals surface area contributed by atoms with Crippen LogP contribution in [0.25, 0.3) is 0 Å². The van der Waals surface area contributed by atoms with Gasteiger partial charge in [0.2, 0.25) is 5.91 Å². The van der Waals surface area contributed by atoms with Crippen LogP contribution in [0.2, 0.25) is 0 Å². The van der Waals surface area contributed by atoms with Crippen molar-refractivity contribution in [1.82, 2.24) is 5.32 Å². The molecule has 1 saturated heterocycles. The van der Waals surface area contributed by atoms with Crippen molar-refractivity contribution in [1.29, 1.82) is 0 Å². The first-order chi connectivity index (χ1) is 10.1. The second-order valence-electron chi connectivity index (χ2n) is 4.75. The topological polar surface area (TPSA) is 96.9 Å². The Hall–Kier alpha value is -2.12. The number of anilines is 1. The van der Waals surface area contributed by atoms with Gasteiger partial charge in [-0.25, -0.2) is 4.79 Å². The molecule has 0 aromatic heterocycles. The summed E-state index contributed by atoms with van der Waals surface area (Å²) in [4.78, 5) is 23.3. The fourth-order valence-corrected chi connectivity index (χ4v) is 2.26. The molecule has 0 bridgehead atoms. The highest BCUT2D eigenvalue weighted by Crippen LogP contribution is 2.27. The molecule has 0 aliphatic carbocycles. The highest BCUT2D eigenvalue weighted by Gasteiger charge is 2.33. The van der Waals surface area contributed by atoms with Crippen molar-refractivity contribution in [2.45, 2.75) is 6.04 Å². The molecule has 0 saturated carbocycles. The Labute approximate surface area is 122 Å². The summed E-state index contributed by atoms with van der Waals surface area (Å²) in [6.45, 7) is 0.805. The summed E-state index contributed by atoms with van der Waals surface area (Å²) in [7, 11) is 3.23. The zero-order chi connectivity index (χ0) is 15.4. The van der Waals surface area contributed by atoms with Crippen molar-refractivity contribution in [3.63, 3.8) is 0 Å². The number of likely N-dealkylation sites (N-methyl/N-ethyl adjacent to an activating group) is 1. The fraction of sp³-hybridized carbons (Fsp3) is 0.429. The van der Waals surface area contributed by atoms with Crippen LogP contribution in [0.4, 0.5) is 5.69 Å². The molecule has 1 heterocycles. The first kappa shape index (κ1) is 15.3. The second-order valence-corrected chi connectivity index (χ2v) is 4.75. The number of benzene rings is 1. The summed E-state index contributed by atoms with van der Waals surface area (Å²) in [6.07, 6.45) is 0. The Morgan fingerprint density at radius 3 is 2.76 bits per heavy atom. The number of ether oxygens (including phenoxy) is 2. The molecule has 2 unspecified atom stereocenters. The molecule has 7 nitrogen and oxygen atoms in total. The van der Waals surface area contributed by atoms with Gasteiger partial charge in [0.1, 0.15) is 5.75 Å². The number of carboxylic acids is 1. The molecule has 2 rings (SSSR count). The van der Waals surface area contributed by atoms with Crippen molar-refractivity contribution in [3.05, 3.63) is 23.8 Å². The standard InChI is InChI=1S/C14H18N2O5/c1-15-11-7-21-6-9(11)13(17)16-10-5-8(14(18)19)3-4-12(10)20-2/h3-5,9,11,15H,6-7H2,1-2H3,(H,16,17)(H,18,19). The Morgan fingerprint density at radius 2 is 2.14 bits per heavy atom. The molecule has 2 atom stereocenters. The molecule has 1 amide bonds. The Morgan fingerprint density at radius 1 is 1.38 bits per heavy atom. The monoisotopic (exact) mass is 294 g/mol. The first-order valence-electron chi connectivity index (χ1n) is 6.54. The summed E-state index contributed by atoms with van der Waals surface area (Å²) < 4.78 is 10.4. The zero-order valence-electron chi connectivity index (χ0n) is 11.9. The Bertz CT molecular complexity index is 546. The normalized spacial score (nSPS) is 21.0. The van der Waals surface area contributed by atoms with Crippen LogP contribution in [0.15, 0.2) is 18.2 Å². The van der Waals surface area contributed by atoms with E-state index in [2.05, 4.69) is 10.6 Å². The van der Waals surface area contributed by atoms with Crippen LogP contribution in [-0.2, 0) is 9.53 Å². The SMILES string of the molecule is CNC1COCC1C(=O)Nc1cc(C(=O)O)ccc1OC. The molecule has 3 N–H and O–H groups in total. The number of carbonyl (C=O) groups excluding carboxylic acids is 1. The van der Waals surface area contributed by atoms with Crippen LogP contribution in [0, 0.1) is 5.92 Å². The quantitative estimate of drug-likeness (QED) is 0.734. The minimum atomic E-state index is -1.06. The lowest BCUT2D eigenvalue weighted by Crippen LogP contribution is -2.39. The van der Waals surface area contributed by atoms with Crippen LogP contribution in [0.5, 0.6) is 5.75 Å². The lowest BCUT2D eigenvalue weighted by Gasteiger charge is -2.17. The summed E-state index contributed by atoms with van der Waals surface area (Å²) in [5, 5.41) is 14.8. The van der Waals surface area contributed by atoms with Gasteiger partial charge in [-0.05, 0) is 25.2 Å². The molecule has 0 spiro atoms. The molecular weight excluding hydrogens is 276 g/mol. The summed E-state index contributed by atoms with van der Waals surface area (Å²) in [5.74, 6) is -1.21. The highest BCUT2D eigenvalue weighted by molar-refractivity contribution is 5.97. The van der Waals surface area contributed by atoms with Gasteiger partial charge in [0.25, 0.3) is 0 Å². The van der Waals surface area contributed by atoms with E-state index in [4.69, 9.17) is 14.6 Å². The third kappa shape index (κ3) is 3.32. The average molecular weight is 294 g/mol. The van der Waals surface area contributed by atoms with E-state index in [0.717, 1.165) is 0 Å². The molecule has 1 aliphatic rings. The van der Waals surface area contributed by atoms with Gasteiger partial charge in [-0.15, -0.1) is 0 Å². The first-order valence-corrected chi connectivity index (χ1v) is 6.54. The maximum atomic E-state index is 12.3. The molecule has 1 aliphatic heterocycles. The van der Waals surface area contributed by atoms with Crippen molar-refractivity contribution < 1.29 is 24.2 Å². The van der Waals surface area contributed by atoms with Crippen molar-refractivity contribution in [2.75, 3.05) is 32.7 Å². The van der Waals surface area contributed by atoms with Gasteiger partial charge in [-0.3, -0.25) is 4.79 Å². The molecule has 21 heavy (non-hydrogen) atoms. The smallest absolute Gasteiger partial charge is 0.335 e. The third-order valence-electron chi connectivity index (χ3n) is 3.49.